The molecule has 0 aliphatic carbocycles. The highest BCUT2D eigenvalue weighted by Gasteiger charge is 2.16. The molecular formula is C17H17ClN2O5. The van der Waals surface area contributed by atoms with E-state index in [0.29, 0.717) is 10.8 Å². The number of rotatable bonds is 7. The number of halogens is 1. The molecule has 0 radical (unpaired) electrons. The van der Waals surface area contributed by atoms with Crippen molar-refractivity contribution in [1.82, 2.24) is 10.2 Å². The summed E-state index contributed by atoms with van der Waals surface area (Å²) in [5.41, 5.74) is 0.288. The molecule has 0 aliphatic rings. The number of esters is 1. The Labute approximate surface area is 149 Å². The minimum absolute atomic E-state index is 0.155. The summed E-state index contributed by atoms with van der Waals surface area (Å²) in [6, 6.07) is 9.55. The van der Waals surface area contributed by atoms with Gasteiger partial charge < -0.3 is 19.4 Å². The Balaban J connectivity index is 1.72. The van der Waals surface area contributed by atoms with Crippen LogP contribution in [0.5, 0.6) is 0 Å². The van der Waals surface area contributed by atoms with Gasteiger partial charge >= 0.3 is 5.97 Å². The molecular weight excluding hydrogens is 348 g/mol. The molecule has 0 saturated carbocycles. The second-order valence-corrected chi connectivity index (χ2v) is 5.63. The molecule has 0 atom stereocenters. The van der Waals surface area contributed by atoms with Crippen molar-refractivity contribution in [2.45, 2.75) is 6.54 Å². The summed E-state index contributed by atoms with van der Waals surface area (Å²) in [5.74, 6) is -0.869. The number of carbonyl (C=O) groups excluding carboxylic acids is 3. The molecule has 1 aromatic heterocycles. The van der Waals surface area contributed by atoms with E-state index in [9.17, 15) is 14.4 Å². The molecule has 0 aliphatic heterocycles. The van der Waals surface area contributed by atoms with Crippen LogP contribution in [0.3, 0.4) is 0 Å². The van der Waals surface area contributed by atoms with Crippen LogP contribution < -0.4 is 5.32 Å². The van der Waals surface area contributed by atoms with E-state index < -0.39 is 18.5 Å². The highest BCUT2D eigenvalue weighted by atomic mass is 35.5. The van der Waals surface area contributed by atoms with Gasteiger partial charge in [0.05, 0.1) is 24.9 Å². The van der Waals surface area contributed by atoms with Crippen molar-refractivity contribution in [3.05, 3.63) is 59.0 Å². The Hall–Kier alpha value is -2.80. The molecule has 1 aromatic carbocycles. The van der Waals surface area contributed by atoms with Crippen LogP contribution in [0.4, 0.5) is 0 Å². The fraction of sp³-hybridized carbons (Fsp3) is 0.235. The SMILES string of the molecule is CN(CC(=O)NCc1ccco1)C(=O)COC(=O)c1ccc(Cl)cc1. The molecule has 7 nitrogen and oxygen atoms in total. The second kappa shape index (κ2) is 8.89. The number of ether oxygens (including phenoxy) is 1. The third-order valence-corrected chi connectivity index (χ3v) is 3.51. The molecule has 0 fully saturated rings. The van der Waals surface area contributed by atoms with Gasteiger partial charge in [-0.05, 0) is 36.4 Å². The third kappa shape index (κ3) is 5.96. The molecule has 0 bridgehead atoms. The monoisotopic (exact) mass is 364 g/mol. The summed E-state index contributed by atoms with van der Waals surface area (Å²) in [7, 11) is 1.45. The first-order valence-electron chi connectivity index (χ1n) is 7.41. The van der Waals surface area contributed by atoms with Crippen LogP contribution in [0.25, 0.3) is 0 Å². The summed E-state index contributed by atoms with van der Waals surface area (Å²) < 4.78 is 10.0. The number of furan rings is 1. The molecule has 25 heavy (non-hydrogen) atoms. The number of nitrogens with one attached hydrogen (secondary N) is 1. The van der Waals surface area contributed by atoms with E-state index in [0.717, 1.165) is 0 Å². The van der Waals surface area contributed by atoms with Gasteiger partial charge in [0.15, 0.2) is 6.61 Å². The zero-order valence-electron chi connectivity index (χ0n) is 13.5. The minimum atomic E-state index is -0.638. The smallest absolute Gasteiger partial charge is 0.338 e. The molecule has 8 heteroatoms. The summed E-state index contributed by atoms with van der Waals surface area (Å²) in [6.45, 7) is -0.374. The number of amides is 2. The number of hydrogen-bond donors (Lipinski definition) is 1. The number of carbonyl (C=O) groups is 3. The van der Waals surface area contributed by atoms with E-state index in [1.165, 1.54) is 30.3 Å². The highest BCUT2D eigenvalue weighted by Crippen LogP contribution is 2.10. The van der Waals surface area contributed by atoms with Crippen molar-refractivity contribution in [1.29, 1.82) is 0 Å². The number of nitrogens with zero attached hydrogens (tertiary/aromatic N) is 1. The Morgan fingerprint density at radius 1 is 1.20 bits per heavy atom. The largest absolute Gasteiger partial charge is 0.467 e. The van der Waals surface area contributed by atoms with Gasteiger partial charge in [-0.1, -0.05) is 11.6 Å². The molecule has 132 valence electrons. The lowest BCUT2D eigenvalue weighted by molar-refractivity contribution is -0.137. The molecule has 1 heterocycles. The van der Waals surface area contributed by atoms with Crippen molar-refractivity contribution >= 4 is 29.4 Å². The van der Waals surface area contributed by atoms with Crippen LogP contribution in [0.15, 0.2) is 47.1 Å². The van der Waals surface area contributed by atoms with Crippen LogP contribution >= 0.6 is 11.6 Å². The summed E-state index contributed by atoms with van der Waals surface area (Å²) >= 11 is 5.74. The zero-order valence-corrected chi connectivity index (χ0v) is 14.3. The maximum absolute atomic E-state index is 11.9. The van der Waals surface area contributed by atoms with Gasteiger partial charge in [0.1, 0.15) is 5.76 Å². The molecule has 2 amide bonds. The average Bonchev–Trinajstić information content (AvgIpc) is 3.11. The van der Waals surface area contributed by atoms with Crippen molar-refractivity contribution < 1.29 is 23.5 Å². The first-order valence-corrected chi connectivity index (χ1v) is 7.79. The van der Waals surface area contributed by atoms with Crippen LogP contribution in [0.1, 0.15) is 16.1 Å². The highest BCUT2D eigenvalue weighted by molar-refractivity contribution is 6.30. The first kappa shape index (κ1) is 18.5. The van der Waals surface area contributed by atoms with Gasteiger partial charge in [-0.25, -0.2) is 4.79 Å². The van der Waals surface area contributed by atoms with Crippen LogP contribution in [-0.2, 0) is 20.9 Å². The fourth-order valence-electron chi connectivity index (χ4n) is 1.87. The van der Waals surface area contributed by atoms with E-state index in [4.69, 9.17) is 20.8 Å². The lowest BCUT2D eigenvalue weighted by atomic mass is 10.2. The number of likely N-dealkylation sites (N-methyl/N-ethyl adjacent to an activating group) is 1. The molecule has 2 rings (SSSR count). The molecule has 0 unspecified atom stereocenters. The molecule has 1 N–H and O–H groups in total. The maximum atomic E-state index is 11.9. The van der Waals surface area contributed by atoms with Gasteiger partial charge in [0.25, 0.3) is 5.91 Å². The van der Waals surface area contributed by atoms with Crippen LogP contribution in [-0.4, -0.2) is 42.9 Å². The first-order chi connectivity index (χ1) is 12.0. The lowest BCUT2D eigenvalue weighted by Gasteiger charge is -2.16. The van der Waals surface area contributed by atoms with E-state index in [1.54, 1.807) is 24.3 Å². The van der Waals surface area contributed by atoms with Crippen molar-refractivity contribution in [2.24, 2.45) is 0 Å². The standard InChI is InChI=1S/C17H17ClN2O5/c1-20(10-15(21)19-9-14-3-2-8-24-14)16(22)11-25-17(23)12-4-6-13(18)7-5-12/h2-8H,9-11H2,1H3,(H,19,21). The van der Waals surface area contributed by atoms with Crippen molar-refractivity contribution in [3.8, 4) is 0 Å². The second-order valence-electron chi connectivity index (χ2n) is 5.19. The number of benzene rings is 1. The average molecular weight is 365 g/mol. The van der Waals surface area contributed by atoms with Gasteiger partial charge in [-0.15, -0.1) is 0 Å². The normalized spacial score (nSPS) is 10.2. The zero-order chi connectivity index (χ0) is 18.2. The Kier molecular flexibility index (Phi) is 6.59. The Morgan fingerprint density at radius 2 is 1.92 bits per heavy atom. The van der Waals surface area contributed by atoms with Gasteiger partial charge in [0, 0.05) is 12.1 Å². The Bertz CT molecular complexity index is 728. The van der Waals surface area contributed by atoms with E-state index >= 15 is 0 Å². The summed E-state index contributed by atoms with van der Waals surface area (Å²) in [5, 5.41) is 3.11. The minimum Gasteiger partial charge on any atom is -0.467 e. The maximum Gasteiger partial charge on any atom is 0.338 e. The van der Waals surface area contributed by atoms with E-state index in [1.807, 2.05) is 0 Å². The molecule has 0 spiro atoms. The predicted octanol–water partition coefficient (Wildman–Crippen LogP) is 1.86. The van der Waals surface area contributed by atoms with Gasteiger partial charge in [-0.2, -0.15) is 0 Å². The van der Waals surface area contributed by atoms with E-state index in [2.05, 4.69) is 5.32 Å². The topological polar surface area (TPSA) is 88.8 Å². The third-order valence-electron chi connectivity index (χ3n) is 3.25. The van der Waals surface area contributed by atoms with Crippen LogP contribution in [0.2, 0.25) is 5.02 Å². The number of hydrogen-bond acceptors (Lipinski definition) is 5. The fourth-order valence-corrected chi connectivity index (χ4v) is 1.99. The van der Waals surface area contributed by atoms with E-state index in [-0.39, 0.29) is 24.6 Å². The molecule has 0 saturated heterocycles. The Morgan fingerprint density at radius 3 is 2.56 bits per heavy atom. The van der Waals surface area contributed by atoms with Crippen molar-refractivity contribution in [2.75, 3.05) is 20.2 Å². The predicted molar refractivity (Wildman–Crippen MR) is 89.9 cm³/mol. The van der Waals surface area contributed by atoms with Crippen LogP contribution in [0, 0.1) is 0 Å². The quantitative estimate of drug-likeness (QED) is 0.757. The summed E-state index contributed by atoms with van der Waals surface area (Å²) in [6.07, 6.45) is 1.51. The van der Waals surface area contributed by atoms with Gasteiger partial charge in [-0.3, -0.25) is 9.59 Å². The lowest BCUT2D eigenvalue weighted by Crippen LogP contribution is -2.39. The van der Waals surface area contributed by atoms with Gasteiger partial charge in [0.2, 0.25) is 5.91 Å². The van der Waals surface area contributed by atoms with Crippen molar-refractivity contribution in [3.63, 3.8) is 0 Å². The summed E-state index contributed by atoms with van der Waals surface area (Å²) in [4.78, 5) is 36.7. The molecule has 2 aromatic rings.